The predicted octanol–water partition coefficient (Wildman–Crippen LogP) is 3.34. The first-order valence-electron chi connectivity index (χ1n) is 10.7. The molecule has 0 bridgehead atoms. The molecule has 8 heteroatoms. The molecule has 0 unspecified atom stereocenters. The Morgan fingerprint density at radius 3 is 2.26 bits per heavy atom. The second kappa shape index (κ2) is 10.1. The van der Waals surface area contributed by atoms with Gasteiger partial charge in [0.15, 0.2) is 0 Å². The van der Waals surface area contributed by atoms with Crippen LogP contribution >= 0.6 is 0 Å². The first-order chi connectivity index (χ1) is 14.4. The Balaban J connectivity index is 1.96. The summed E-state index contributed by atoms with van der Waals surface area (Å²) in [5.41, 5.74) is -0.274. The van der Waals surface area contributed by atoms with Gasteiger partial charge in [0.1, 0.15) is 17.5 Å². The highest BCUT2D eigenvalue weighted by Crippen LogP contribution is 2.22. The van der Waals surface area contributed by atoms with Gasteiger partial charge in [-0.3, -0.25) is 9.59 Å². The minimum absolute atomic E-state index is 0.0945. The van der Waals surface area contributed by atoms with Gasteiger partial charge in [0, 0.05) is 24.7 Å². The zero-order valence-electron chi connectivity index (χ0n) is 19.2. The molecule has 7 nitrogen and oxygen atoms in total. The van der Waals surface area contributed by atoms with Crippen LogP contribution in [0.3, 0.4) is 0 Å². The smallest absolute Gasteiger partial charge is 0.407 e. The van der Waals surface area contributed by atoms with Crippen LogP contribution in [0.2, 0.25) is 0 Å². The van der Waals surface area contributed by atoms with Crippen LogP contribution in [0.1, 0.15) is 58.3 Å². The van der Waals surface area contributed by atoms with Crippen molar-refractivity contribution in [2.45, 2.75) is 65.6 Å². The first kappa shape index (κ1) is 24.6. The van der Waals surface area contributed by atoms with E-state index in [9.17, 15) is 18.8 Å². The molecule has 2 N–H and O–H groups in total. The monoisotopic (exact) mass is 435 g/mol. The van der Waals surface area contributed by atoms with E-state index in [1.54, 1.807) is 25.7 Å². The van der Waals surface area contributed by atoms with E-state index in [0.29, 0.717) is 18.7 Å². The lowest BCUT2D eigenvalue weighted by atomic mass is 10.0. The van der Waals surface area contributed by atoms with Crippen LogP contribution in [-0.2, 0) is 9.53 Å². The maximum Gasteiger partial charge on any atom is 0.407 e. The molecule has 0 aromatic heterocycles. The van der Waals surface area contributed by atoms with Gasteiger partial charge >= 0.3 is 6.09 Å². The fourth-order valence-electron chi connectivity index (χ4n) is 3.54. The van der Waals surface area contributed by atoms with Crippen LogP contribution < -0.4 is 10.6 Å². The number of nitrogens with zero attached hydrogens (tertiary/aromatic N) is 1. The van der Waals surface area contributed by atoms with Crippen LogP contribution in [-0.4, -0.2) is 53.6 Å². The molecular formula is C23H34FN3O4. The molecule has 0 radical (unpaired) electrons. The molecule has 1 aromatic rings. The molecule has 1 fully saturated rings. The number of hydrogen-bond donors (Lipinski definition) is 2. The molecular weight excluding hydrogens is 401 g/mol. The van der Waals surface area contributed by atoms with E-state index in [0.717, 1.165) is 6.42 Å². The Kier molecular flexibility index (Phi) is 8.03. The summed E-state index contributed by atoms with van der Waals surface area (Å²) in [6.45, 7) is 12.1. The van der Waals surface area contributed by atoms with Gasteiger partial charge in [0.25, 0.3) is 5.91 Å². The fraction of sp³-hybridized carbons (Fsp3) is 0.609. The van der Waals surface area contributed by atoms with Gasteiger partial charge in [-0.1, -0.05) is 13.8 Å². The third-order valence-electron chi connectivity index (χ3n) is 5.31. The lowest BCUT2D eigenvalue weighted by Crippen LogP contribution is -2.51. The van der Waals surface area contributed by atoms with Crippen molar-refractivity contribution in [3.05, 3.63) is 35.6 Å². The Morgan fingerprint density at radius 2 is 1.71 bits per heavy atom. The van der Waals surface area contributed by atoms with Crippen LogP contribution in [0.4, 0.5) is 9.18 Å². The quantitative estimate of drug-likeness (QED) is 0.717. The summed E-state index contributed by atoms with van der Waals surface area (Å²) in [7, 11) is 0. The molecule has 3 atom stereocenters. The first-order valence-corrected chi connectivity index (χ1v) is 10.7. The third kappa shape index (κ3) is 7.22. The number of carbonyl (C=O) groups is 3. The van der Waals surface area contributed by atoms with Gasteiger partial charge in [0.05, 0.1) is 0 Å². The Morgan fingerprint density at radius 1 is 1.10 bits per heavy atom. The van der Waals surface area contributed by atoms with Crippen molar-refractivity contribution in [2.75, 3.05) is 13.1 Å². The molecule has 0 spiro atoms. The third-order valence-corrected chi connectivity index (χ3v) is 5.31. The zero-order chi connectivity index (χ0) is 23.3. The summed E-state index contributed by atoms with van der Waals surface area (Å²) in [5.74, 6) is -1.02. The summed E-state index contributed by atoms with van der Waals surface area (Å²) in [5, 5.41) is 5.64. The molecule has 0 aliphatic carbocycles. The normalized spacial score (nSPS) is 18.5. The Bertz CT molecular complexity index is 789. The number of amides is 3. The fourth-order valence-corrected chi connectivity index (χ4v) is 3.54. The lowest BCUT2D eigenvalue weighted by Gasteiger charge is -2.28. The van der Waals surface area contributed by atoms with Crippen LogP contribution in [0.5, 0.6) is 0 Å². The summed E-state index contributed by atoms with van der Waals surface area (Å²) >= 11 is 0. The highest BCUT2D eigenvalue weighted by atomic mass is 19.1. The second-order valence-corrected chi connectivity index (χ2v) is 9.47. The lowest BCUT2D eigenvalue weighted by molar-refractivity contribution is -0.133. The van der Waals surface area contributed by atoms with Gasteiger partial charge in [-0.05, 0) is 70.2 Å². The number of benzene rings is 1. The standard InChI is InChI=1S/C23H34FN3O4/c1-14(2)19(26-20(28)16-7-9-18(24)10-8-16)21(29)27-12-11-17(13-27)15(3)25-22(30)31-23(4,5)6/h7-10,14-15,17,19H,11-13H2,1-6H3,(H,25,30)(H,26,28)/t15-,17+,19+/m1/s1. The number of carbonyl (C=O) groups excluding carboxylic acids is 3. The average Bonchev–Trinajstić information content (AvgIpc) is 3.14. The topological polar surface area (TPSA) is 87.7 Å². The van der Waals surface area contributed by atoms with Crippen molar-refractivity contribution in [1.29, 1.82) is 0 Å². The van der Waals surface area contributed by atoms with Crippen LogP contribution in [0.15, 0.2) is 24.3 Å². The number of nitrogens with one attached hydrogen (secondary N) is 2. The molecule has 0 saturated carbocycles. The van der Waals surface area contributed by atoms with Gasteiger partial charge < -0.3 is 20.3 Å². The number of alkyl carbamates (subject to hydrolysis) is 1. The molecule has 2 rings (SSSR count). The average molecular weight is 436 g/mol. The number of ether oxygens (including phenoxy) is 1. The van der Waals surface area contributed by atoms with Crippen molar-refractivity contribution in [3.8, 4) is 0 Å². The highest BCUT2D eigenvalue weighted by Gasteiger charge is 2.36. The van der Waals surface area contributed by atoms with Gasteiger partial charge in [-0.15, -0.1) is 0 Å². The number of likely N-dealkylation sites (tertiary alicyclic amines) is 1. The largest absolute Gasteiger partial charge is 0.444 e. The van der Waals surface area contributed by atoms with E-state index in [4.69, 9.17) is 4.74 Å². The minimum Gasteiger partial charge on any atom is -0.444 e. The molecule has 1 saturated heterocycles. The summed E-state index contributed by atoms with van der Waals surface area (Å²) in [4.78, 5) is 39.4. The molecule has 31 heavy (non-hydrogen) atoms. The van der Waals surface area contributed by atoms with Gasteiger partial charge in [-0.25, -0.2) is 9.18 Å². The van der Waals surface area contributed by atoms with E-state index < -0.39 is 29.5 Å². The van der Waals surface area contributed by atoms with Gasteiger partial charge in [-0.2, -0.15) is 0 Å². The Labute approximate surface area is 183 Å². The number of rotatable bonds is 6. The molecule has 1 heterocycles. The maximum atomic E-state index is 13.1. The van der Waals surface area contributed by atoms with E-state index in [1.807, 2.05) is 20.8 Å². The van der Waals surface area contributed by atoms with Crippen molar-refractivity contribution >= 4 is 17.9 Å². The second-order valence-electron chi connectivity index (χ2n) is 9.47. The van der Waals surface area contributed by atoms with E-state index in [1.165, 1.54) is 24.3 Å². The SMILES string of the molecule is CC(C)[C@H](NC(=O)c1ccc(F)cc1)C(=O)N1CC[C@H]([C@@H](C)NC(=O)OC(C)(C)C)C1. The van der Waals surface area contributed by atoms with Crippen LogP contribution in [0.25, 0.3) is 0 Å². The summed E-state index contributed by atoms with van der Waals surface area (Å²) in [6, 6.07) is 4.37. The molecule has 1 aliphatic rings. The van der Waals surface area contributed by atoms with E-state index in [-0.39, 0.29) is 23.8 Å². The minimum atomic E-state index is -0.689. The van der Waals surface area contributed by atoms with Crippen molar-refractivity contribution < 1.29 is 23.5 Å². The van der Waals surface area contributed by atoms with Crippen molar-refractivity contribution in [2.24, 2.45) is 11.8 Å². The summed E-state index contributed by atoms with van der Waals surface area (Å²) < 4.78 is 18.4. The van der Waals surface area contributed by atoms with E-state index >= 15 is 0 Å². The van der Waals surface area contributed by atoms with Crippen molar-refractivity contribution in [1.82, 2.24) is 15.5 Å². The zero-order valence-corrected chi connectivity index (χ0v) is 19.2. The Hall–Kier alpha value is -2.64. The highest BCUT2D eigenvalue weighted by molar-refractivity contribution is 5.97. The maximum absolute atomic E-state index is 13.1. The van der Waals surface area contributed by atoms with Crippen LogP contribution in [0, 0.1) is 17.7 Å². The van der Waals surface area contributed by atoms with Crippen molar-refractivity contribution in [3.63, 3.8) is 0 Å². The molecule has 172 valence electrons. The van der Waals surface area contributed by atoms with Gasteiger partial charge in [0.2, 0.25) is 5.91 Å². The molecule has 1 aromatic carbocycles. The van der Waals surface area contributed by atoms with E-state index in [2.05, 4.69) is 10.6 Å². The summed E-state index contributed by atoms with van der Waals surface area (Å²) in [6.07, 6.45) is 0.274. The number of hydrogen-bond acceptors (Lipinski definition) is 4. The molecule has 3 amide bonds. The predicted molar refractivity (Wildman–Crippen MR) is 116 cm³/mol. The molecule has 1 aliphatic heterocycles. The number of halogens is 1.